The summed E-state index contributed by atoms with van der Waals surface area (Å²) >= 11 is 0. The molecular formula is C35H23O2P. The van der Waals surface area contributed by atoms with Crippen LogP contribution in [-0.4, -0.2) is 0 Å². The molecule has 0 saturated heterocycles. The maximum atomic E-state index is 6.88. The number of fused-ring (bicyclic) bond motifs is 8. The van der Waals surface area contributed by atoms with Crippen LogP contribution >= 0.6 is 8.01 Å². The van der Waals surface area contributed by atoms with Crippen molar-refractivity contribution in [2.45, 2.75) is 6.42 Å². The van der Waals surface area contributed by atoms with Crippen molar-refractivity contribution in [2.75, 3.05) is 0 Å². The molecule has 6 aromatic carbocycles. The molecule has 0 amide bonds. The maximum Gasteiger partial charge on any atom is 0.253 e. The van der Waals surface area contributed by atoms with Crippen LogP contribution in [0.3, 0.4) is 0 Å². The van der Waals surface area contributed by atoms with Gasteiger partial charge in [0, 0.05) is 10.8 Å². The fraction of sp³-hybridized carbons (Fsp3) is 0.0286. The third-order valence-corrected chi connectivity index (χ3v) is 9.15. The van der Waals surface area contributed by atoms with E-state index in [1.54, 1.807) is 0 Å². The first kappa shape index (κ1) is 21.6. The third-order valence-electron chi connectivity index (χ3n) is 7.61. The topological polar surface area (TPSA) is 26.3 Å². The van der Waals surface area contributed by atoms with E-state index in [1.807, 2.05) is 0 Å². The van der Waals surface area contributed by atoms with Crippen LogP contribution < -0.4 is 0 Å². The Bertz CT molecular complexity index is 2060. The molecule has 0 aliphatic heterocycles. The summed E-state index contributed by atoms with van der Waals surface area (Å²) in [4.78, 5) is 0. The van der Waals surface area contributed by atoms with Gasteiger partial charge in [0.2, 0.25) is 0 Å². The predicted octanol–water partition coefficient (Wildman–Crippen LogP) is 11.1. The summed E-state index contributed by atoms with van der Waals surface area (Å²) in [6.45, 7) is 0. The van der Waals surface area contributed by atoms with Crippen molar-refractivity contribution >= 4 is 73.2 Å². The van der Waals surface area contributed by atoms with Gasteiger partial charge in [-0.1, -0.05) is 109 Å². The molecule has 0 fully saturated rings. The largest absolute Gasteiger partial charge is 0.416 e. The van der Waals surface area contributed by atoms with E-state index in [0.29, 0.717) is 0 Å². The smallest absolute Gasteiger partial charge is 0.253 e. The van der Waals surface area contributed by atoms with Gasteiger partial charge >= 0.3 is 0 Å². The van der Waals surface area contributed by atoms with Gasteiger partial charge in [-0.05, 0) is 68.1 Å². The Morgan fingerprint density at radius 3 is 1.66 bits per heavy atom. The zero-order valence-corrected chi connectivity index (χ0v) is 21.5. The highest BCUT2D eigenvalue weighted by Gasteiger charge is 2.20. The first-order valence-electron chi connectivity index (χ1n) is 12.9. The first-order valence-corrected chi connectivity index (χ1v) is 14.1. The SMILES string of the molecule is C1=CC(p2oc3ccc4ccccc4c3c3c(ccc4ccccc43)o2)=C(c2cccc3ccccc23)C1. The molecule has 7 aromatic rings. The monoisotopic (exact) mass is 506 g/mol. The molecule has 0 unspecified atom stereocenters. The zero-order chi connectivity index (χ0) is 25.1. The lowest BCUT2D eigenvalue weighted by molar-refractivity contribution is 0.653. The minimum absolute atomic E-state index is 0.865. The van der Waals surface area contributed by atoms with E-state index in [2.05, 4.69) is 127 Å². The van der Waals surface area contributed by atoms with Crippen LogP contribution in [0.4, 0.5) is 0 Å². The molecule has 180 valence electrons. The number of allylic oxidation sites excluding steroid dienone is 4. The fourth-order valence-corrected chi connectivity index (χ4v) is 7.42. The highest BCUT2D eigenvalue weighted by atomic mass is 31.1. The van der Waals surface area contributed by atoms with Gasteiger partial charge in [0.05, 0.1) is 5.31 Å². The molecule has 3 heteroatoms. The highest BCUT2D eigenvalue weighted by Crippen LogP contribution is 2.51. The molecule has 1 aromatic heterocycles. The van der Waals surface area contributed by atoms with Gasteiger partial charge in [0.15, 0.2) is 0 Å². The van der Waals surface area contributed by atoms with Gasteiger partial charge in [0.1, 0.15) is 11.2 Å². The molecule has 0 N–H and O–H groups in total. The lowest BCUT2D eigenvalue weighted by atomic mass is 9.98. The van der Waals surface area contributed by atoms with Crippen LogP contribution in [0, 0.1) is 0 Å². The zero-order valence-electron chi connectivity index (χ0n) is 20.6. The highest BCUT2D eigenvalue weighted by molar-refractivity contribution is 7.50. The van der Waals surface area contributed by atoms with Gasteiger partial charge < -0.3 is 8.39 Å². The summed E-state index contributed by atoms with van der Waals surface area (Å²) in [7, 11) is -1.41. The average molecular weight is 507 g/mol. The number of hydrogen-bond acceptors (Lipinski definition) is 2. The van der Waals surface area contributed by atoms with E-state index in [0.717, 1.165) is 33.7 Å². The van der Waals surface area contributed by atoms with Crippen LogP contribution in [0.2, 0.25) is 0 Å². The number of benzene rings is 6. The summed E-state index contributed by atoms with van der Waals surface area (Å²) < 4.78 is 13.8. The molecule has 1 aliphatic carbocycles. The van der Waals surface area contributed by atoms with Crippen molar-refractivity contribution in [3.63, 3.8) is 0 Å². The fourth-order valence-electron chi connectivity index (χ4n) is 5.87. The Morgan fingerprint density at radius 1 is 0.500 bits per heavy atom. The lowest BCUT2D eigenvalue weighted by Gasteiger charge is -2.10. The van der Waals surface area contributed by atoms with Gasteiger partial charge in [-0.2, -0.15) is 0 Å². The molecule has 0 bridgehead atoms. The second-order valence-electron chi connectivity index (χ2n) is 9.76. The van der Waals surface area contributed by atoms with Crippen molar-refractivity contribution < 1.29 is 8.39 Å². The second-order valence-corrected chi connectivity index (χ2v) is 11.1. The van der Waals surface area contributed by atoms with E-state index in [1.165, 1.54) is 43.5 Å². The van der Waals surface area contributed by atoms with Gasteiger partial charge in [-0.15, -0.1) is 0 Å². The van der Waals surface area contributed by atoms with Crippen molar-refractivity contribution in [3.05, 3.63) is 133 Å². The molecule has 1 aliphatic rings. The Hall–Kier alpha value is -4.52. The van der Waals surface area contributed by atoms with Crippen LogP contribution in [0.25, 0.3) is 65.1 Å². The molecule has 8 rings (SSSR count). The summed E-state index contributed by atoms with van der Waals surface area (Å²) in [5.41, 5.74) is 4.27. The van der Waals surface area contributed by atoms with E-state index in [-0.39, 0.29) is 0 Å². The Kier molecular flexibility index (Phi) is 4.83. The molecule has 0 saturated carbocycles. The van der Waals surface area contributed by atoms with Gasteiger partial charge in [0.25, 0.3) is 8.01 Å². The summed E-state index contributed by atoms with van der Waals surface area (Å²) in [6.07, 6.45) is 5.30. The van der Waals surface area contributed by atoms with Crippen molar-refractivity contribution in [2.24, 2.45) is 0 Å². The molecule has 0 radical (unpaired) electrons. The van der Waals surface area contributed by atoms with Crippen molar-refractivity contribution in [3.8, 4) is 0 Å². The summed E-state index contributed by atoms with van der Waals surface area (Å²) in [6, 6.07) is 40.7. The number of hydrogen-bond donors (Lipinski definition) is 0. The normalized spacial score (nSPS) is 13.5. The van der Waals surface area contributed by atoms with E-state index in [4.69, 9.17) is 8.39 Å². The Morgan fingerprint density at radius 2 is 1.03 bits per heavy atom. The maximum absolute atomic E-state index is 6.88. The quantitative estimate of drug-likeness (QED) is 0.233. The summed E-state index contributed by atoms with van der Waals surface area (Å²) in [5, 5.41) is 10.6. The first-order chi connectivity index (χ1) is 18.8. The standard InChI is InChI=1S/C35H23O2P/c1-4-13-26-23(9-1)12-7-16-29(26)30-17-8-18-33(30)38-36-31-21-19-24-10-2-5-14-27(24)34(31)35-28-15-6-3-11-25(28)20-22-32(35)37-38/h1-16,18-22H,17H2. The van der Waals surface area contributed by atoms with Crippen molar-refractivity contribution in [1.29, 1.82) is 0 Å². The van der Waals surface area contributed by atoms with E-state index < -0.39 is 8.01 Å². The molecule has 0 spiro atoms. The Balaban J connectivity index is 1.53. The van der Waals surface area contributed by atoms with E-state index >= 15 is 0 Å². The van der Waals surface area contributed by atoms with E-state index in [9.17, 15) is 0 Å². The average Bonchev–Trinajstić information content (AvgIpc) is 3.39. The lowest BCUT2D eigenvalue weighted by Crippen LogP contribution is -1.85. The predicted molar refractivity (Wildman–Crippen MR) is 162 cm³/mol. The third kappa shape index (κ3) is 3.28. The van der Waals surface area contributed by atoms with Crippen molar-refractivity contribution in [1.82, 2.24) is 0 Å². The van der Waals surface area contributed by atoms with Gasteiger partial charge in [-0.25, -0.2) is 0 Å². The molecule has 0 atom stereocenters. The van der Waals surface area contributed by atoms with Crippen LogP contribution in [-0.2, 0) is 0 Å². The molecule has 38 heavy (non-hydrogen) atoms. The Labute approximate surface area is 220 Å². The van der Waals surface area contributed by atoms with Gasteiger partial charge in [-0.3, -0.25) is 0 Å². The second kappa shape index (κ2) is 8.52. The van der Waals surface area contributed by atoms with Crippen LogP contribution in [0.1, 0.15) is 12.0 Å². The minimum Gasteiger partial charge on any atom is -0.416 e. The molecular weight excluding hydrogens is 483 g/mol. The minimum atomic E-state index is -1.41. The molecule has 2 nitrogen and oxygen atoms in total. The van der Waals surface area contributed by atoms with Crippen LogP contribution in [0.5, 0.6) is 0 Å². The van der Waals surface area contributed by atoms with Crippen LogP contribution in [0.15, 0.2) is 136 Å². The number of rotatable bonds is 2. The molecule has 1 heterocycles. The summed E-state index contributed by atoms with van der Waals surface area (Å²) in [5.74, 6) is 0.